The topological polar surface area (TPSA) is 64.8 Å². The number of morpholine rings is 1. The van der Waals surface area contributed by atoms with Gasteiger partial charge in [0.05, 0.1) is 13.2 Å². The third-order valence-corrected chi connectivity index (χ3v) is 3.63. The Hall–Kier alpha value is -2.27. The molecule has 2 aromatic rings. The van der Waals surface area contributed by atoms with E-state index in [9.17, 15) is 4.79 Å². The van der Waals surface area contributed by atoms with E-state index in [0.29, 0.717) is 37.7 Å². The van der Waals surface area contributed by atoms with Crippen LogP contribution < -0.4 is 10.5 Å². The first kappa shape index (κ1) is 13.7. The minimum Gasteiger partial charge on any atom is -0.483 e. The number of carbonyl (C=O) groups excluding carboxylic acids is 1. The second-order valence-corrected chi connectivity index (χ2v) is 4.98. The van der Waals surface area contributed by atoms with E-state index in [-0.39, 0.29) is 12.5 Å². The second-order valence-electron chi connectivity index (χ2n) is 4.98. The van der Waals surface area contributed by atoms with Crippen LogP contribution in [0.3, 0.4) is 0 Å². The van der Waals surface area contributed by atoms with E-state index in [2.05, 4.69) is 0 Å². The average molecular weight is 286 g/mol. The first-order valence-electron chi connectivity index (χ1n) is 7.01. The van der Waals surface area contributed by atoms with Gasteiger partial charge in [-0.2, -0.15) is 0 Å². The van der Waals surface area contributed by atoms with Gasteiger partial charge in [-0.15, -0.1) is 0 Å². The number of ether oxygens (including phenoxy) is 2. The summed E-state index contributed by atoms with van der Waals surface area (Å²) in [5.41, 5.74) is 6.66. The number of carbonyl (C=O) groups is 1. The predicted octanol–water partition coefficient (Wildman–Crippen LogP) is 1.66. The third-order valence-electron chi connectivity index (χ3n) is 3.63. The number of anilines is 1. The summed E-state index contributed by atoms with van der Waals surface area (Å²) in [7, 11) is 0. The van der Waals surface area contributed by atoms with Crippen molar-refractivity contribution >= 4 is 22.4 Å². The molecule has 21 heavy (non-hydrogen) atoms. The Morgan fingerprint density at radius 1 is 1.14 bits per heavy atom. The van der Waals surface area contributed by atoms with Crippen LogP contribution in [0, 0.1) is 0 Å². The van der Waals surface area contributed by atoms with Crippen molar-refractivity contribution in [2.75, 3.05) is 38.6 Å². The molecule has 1 amide bonds. The summed E-state index contributed by atoms with van der Waals surface area (Å²) in [6.45, 7) is 2.48. The molecule has 0 radical (unpaired) electrons. The molecular weight excluding hydrogens is 268 g/mol. The predicted molar refractivity (Wildman–Crippen MR) is 81.3 cm³/mol. The summed E-state index contributed by atoms with van der Waals surface area (Å²) >= 11 is 0. The number of rotatable bonds is 3. The maximum atomic E-state index is 12.1. The zero-order valence-corrected chi connectivity index (χ0v) is 11.7. The lowest BCUT2D eigenvalue weighted by Gasteiger charge is -2.26. The fraction of sp³-hybridized carbons (Fsp3) is 0.312. The van der Waals surface area contributed by atoms with E-state index in [0.717, 1.165) is 10.8 Å². The summed E-state index contributed by atoms with van der Waals surface area (Å²) < 4.78 is 10.9. The molecule has 1 fully saturated rings. The number of amides is 1. The molecule has 0 unspecified atom stereocenters. The van der Waals surface area contributed by atoms with E-state index in [1.54, 1.807) is 4.90 Å². The van der Waals surface area contributed by atoms with Crippen LogP contribution in [0.25, 0.3) is 10.8 Å². The summed E-state index contributed by atoms with van der Waals surface area (Å²) in [6.07, 6.45) is 0. The molecule has 2 N–H and O–H groups in total. The lowest BCUT2D eigenvalue weighted by Crippen LogP contribution is -2.42. The minimum atomic E-state index is -0.0146. The summed E-state index contributed by atoms with van der Waals surface area (Å²) in [5, 5.41) is 1.86. The van der Waals surface area contributed by atoms with Crippen molar-refractivity contribution in [2.45, 2.75) is 0 Å². The monoisotopic (exact) mass is 286 g/mol. The summed E-state index contributed by atoms with van der Waals surface area (Å²) in [4.78, 5) is 13.9. The lowest BCUT2D eigenvalue weighted by atomic mass is 10.1. The van der Waals surface area contributed by atoms with Crippen LogP contribution in [0.1, 0.15) is 0 Å². The van der Waals surface area contributed by atoms with Crippen molar-refractivity contribution in [3.05, 3.63) is 36.4 Å². The smallest absolute Gasteiger partial charge is 0.260 e. The lowest BCUT2D eigenvalue weighted by molar-refractivity contribution is -0.137. The number of benzene rings is 2. The van der Waals surface area contributed by atoms with E-state index in [4.69, 9.17) is 15.2 Å². The Labute approximate surface area is 123 Å². The SMILES string of the molecule is Nc1cccc2c(OCC(=O)N3CCOCC3)cccc12. The first-order chi connectivity index (χ1) is 10.3. The van der Waals surface area contributed by atoms with E-state index in [1.165, 1.54) is 0 Å². The summed E-state index contributed by atoms with van der Waals surface area (Å²) in [5.74, 6) is 0.667. The maximum Gasteiger partial charge on any atom is 0.260 e. The van der Waals surface area contributed by atoms with Gasteiger partial charge in [0.25, 0.3) is 5.91 Å². The van der Waals surface area contributed by atoms with E-state index >= 15 is 0 Å². The highest BCUT2D eigenvalue weighted by molar-refractivity contribution is 5.96. The molecule has 0 aromatic heterocycles. The minimum absolute atomic E-state index is 0.0146. The fourth-order valence-corrected chi connectivity index (χ4v) is 2.47. The second kappa shape index (κ2) is 6.01. The van der Waals surface area contributed by atoms with E-state index < -0.39 is 0 Å². The van der Waals surface area contributed by atoms with Gasteiger partial charge >= 0.3 is 0 Å². The quantitative estimate of drug-likeness (QED) is 0.872. The summed E-state index contributed by atoms with van der Waals surface area (Å²) in [6, 6.07) is 11.4. The molecule has 1 aliphatic heterocycles. The first-order valence-corrected chi connectivity index (χ1v) is 7.01. The van der Waals surface area contributed by atoms with Gasteiger partial charge in [-0.3, -0.25) is 4.79 Å². The van der Waals surface area contributed by atoms with Crippen molar-refractivity contribution in [2.24, 2.45) is 0 Å². The molecule has 1 heterocycles. The van der Waals surface area contributed by atoms with Gasteiger partial charge in [-0.1, -0.05) is 24.3 Å². The van der Waals surface area contributed by atoms with Gasteiger partial charge in [0.1, 0.15) is 5.75 Å². The van der Waals surface area contributed by atoms with Crippen LogP contribution in [0.4, 0.5) is 5.69 Å². The van der Waals surface area contributed by atoms with Crippen LogP contribution >= 0.6 is 0 Å². The largest absolute Gasteiger partial charge is 0.483 e. The molecule has 0 atom stereocenters. The van der Waals surface area contributed by atoms with Crippen LogP contribution in [0.15, 0.2) is 36.4 Å². The number of hydrogen-bond acceptors (Lipinski definition) is 4. The Bertz CT molecular complexity index is 651. The normalized spacial score (nSPS) is 15.1. The molecule has 0 spiro atoms. The highest BCUT2D eigenvalue weighted by Gasteiger charge is 2.17. The van der Waals surface area contributed by atoms with Gasteiger partial charge in [0.2, 0.25) is 0 Å². The molecule has 3 rings (SSSR count). The Morgan fingerprint density at radius 3 is 2.67 bits per heavy atom. The molecule has 1 saturated heterocycles. The third kappa shape index (κ3) is 2.92. The zero-order chi connectivity index (χ0) is 14.7. The molecule has 0 bridgehead atoms. The molecular formula is C16H18N2O3. The van der Waals surface area contributed by atoms with Crippen molar-refractivity contribution in [3.63, 3.8) is 0 Å². The molecule has 1 aliphatic rings. The Balaban J connectivity index is 1.73. The average Bonchev–Trinajstić information content (AvgIpc) is 2.54. The number of nitrogens with two attached hydrogens (primary N) is 1. The zero-order valence-electron chi connectivity index (χ0n) is 11.7. The van der Waals surface area contributed by atoms with Gasteiger partial charge in [-0.05, 0) is 12.1 Å². The van der Waals surface area contributed by atoms with Gasteiger partial charge in [-0.25, -0.2) is 0 Å². The van der Waals surface area contributed by atoms with Crippen LogP contribution in [0.2, 0.25) is 0 Å². The van der Waals surface area contributed by atoms with Crippen molar-refractivity contribution in [1.82, 2.24) is 4.90 Å². The number of nitrogens with zero attached hydrogens (tertiary/aromatic N) is 1. The van der Waals surface area contributed by atoms with Crippen molar-refractivity contribution in [3.8, 4) is 5.75 Å². The van der Waals surface area contributed by atoms with Crippen LogP contribution in [0.5, 0.6) is 5.75 Å². The molecule has 5 heteroatoms. The van der Waals surface area contributed by atoms with Crippen molar-refractivity contribution in [1.29, 1.82) is 0 Å². The fourth-order valence-electron chi connectivity index (χ4n) is 2.47. The molecule has 0 aliphatic carbocycles. The molecule has 2 aromatic carbocycles. The number of nitrogen functional groups attached to an aromatic ring is 1. The highest BCUT2D eigenvalue weighted by atomic mass is 16.5. The van der Waals surface area contributed by atoms with Gasteiger partial charge < -0.3 is 20.1 Å². The molecule has 5 nitrogen and oxygen atoms in total. The molecule has 0 saturated carbocycles. The molecule has 110 valence electrons. The highest BCUT2D eigenvalue weighted by Crippen LogP contribution is 2.29. The maximum absolute atomic E-state index is 12.1. The Kier molecular flexibility index (Phi) is 3.92. The van der Waals surface area contributed by atoms with Crippen LogP contribution in [-0.2, 0) is 9.53 Å². The standard InChI is InChI=1S/C16H18N2O3/c17-14-5-1-4-13-12(14)3-2-6-15(13)21-11-16(19)18-7-9-20-10-8-18/h1-6H,7-11,17H2. The Morgan fingerprint density at radius 2 is 1.86 bits per heavy atom. The number of fused-ring (bicyclic) bond motifs is 1. The van der Waals surface area contributed by atoms with Crippen molar-refractivity contribution < 1.29 is 14.3 Å². The van der Waals surface area contributed by atoms with Crippen LogP contribution in [-0.4, -0.2) is 43.7 Å². The number of hydrogen-bond donors (Lipinski definition) is 1. The van der Waals surface area contributed by atoms with E-state index in [1.807, 2.05) is 36.4 Å². The van der Waals surface area contributed by atoms with Gasteiger partial charge in [0, 0.05) is 29.5 Å². The van der Waals surface area contributed by atoms with Gasteiger partial charge in [0.15, 0.2) is 6.61 Å².